The minimum Gasteiger partial charge on any atom is -0.329 e. The Morgan fingerprint density at radius 1 is 0.600 bits per heavy atom. The van der Waals surface area contributed by atoms with Crippen molar-refractivity contribution < 1.29 is 4.11 Å². The van der Waals surface area contributed by atoms with E-state index in [9.17, 15) is 0 Å². The molecule has 0 saturated carbocycles. The van der Waals surface area contributed by atoms with Crippen LogP contribution >= 0.6 is 0 Å². The third-order valence-electron chi connectivity index (χ3n) is 6.42. The average molecular weight is 480 g/mol. The highest BCUT2D eigenvalue weighted by molar-refractivity contribution is 5.16. The van der Waals surface area contributed by atoms with Gasteiger partial charge in [-0.15, -0.1) is 0 Å². The Hall–Kier alpha value is -2.50. The van der Waals surface area contributed by atoms with E-state index in [-0.39, 0.29) is 0 Å². The fourth-order valence-electron chi connectivity index (χ4n) is 4.59. The van der Waals surface area contributed by atoms with E-state index in [0.29, 0.717) is 12.6 Å². The first-order valence-corrected chi connectivity index (χ1v) is 11.8. The lowest BCUT2D eigenvalue weighted by molar-refractivity contribution is 0.141. The van der Waals surface area contributed by atoms with Crippen molar-refractivity contribution in [2.75, 3.05) is 39.3 Å². The van der Waals surface area contributed by atoms with Crippen molar-refractivity contribution in [3.05, 3.63) is 108 Å². The van der Waals surface area contributed by atoms with Crippen LogP contribution in [-0.4, -0.2) is 60.0 Å². The molecule has 1 aliphatic heterocycles. The third kappa shape index (κ3) is 9.58. The summed E-state index contributed by atoms with van der Waals surface area (Å²) in [4.78, 5) is 7.79. The van der Waals surface area contributed by atoms with E-state index in [1.54, 1.807) is 0 Å². The lowest BCUT2D eigenvalue weighted by Gasteiger charge is -2.34. The Morgan fingerprint density at radius 2 is 1.00 bits per heavy atom. The van der Waals surface area contributed by atoms with Gasteiger partial charge in [0, 0.05) is 69.1 Å². The van der Waals surface area contributed by atoms with Crippen molar-refractivity contribution in [3.8, 4) is 0 Å². The normalized spacial score (nSPS) is 18.2. The van der Waals surface area contributed by atoms with Crippen LogP contribution in [0.15, 0.2) is 91.0 Å². The first kappa shape index (κ1) is 25.6. The zero-order valence-electron chi connectivity index (χ0n) is 25.0. The summed E-state index contributed by atoms with van der Waals surface area (Å²) >= 11 is 0. The maximum Gasteiger partial charge on any atom is 0.0349 e. The monoisotopic (exact) mass is 479 g/mol. The summed E-state index contributed by atoms with van der Waals surface area (Å²) in [5, 5.41) is 0. The van der Waals surface area contributed by atoms with E-state index in [4.69, 9.17) is 9.85 Å². The van der Waals surface area contributed by atoms with E-state index in [2.05, 4.69) is 106 Å². The second-order valence-electron chi connectivity index (χ2n) is 8.83. The molecule has 4 heteroatoms. The van der Waals surface area contributed by atoms with Gasteiger partial charge in [-0.05, 0) is 16.7 Å². The molecule has 0 spiro atoms. The highest BCUT2D eigenvalue weighted by Crippen LogP contribution is 2.15. The summed E-state index contributed by atoms with van der Waals surface area (Å²) in [7, 11) is 3.75. The molecule has 4 rings (SSSR count). The largest absolute Gasteiger partial charge is 0.329 e. The molecule has 1 aliphatic rings. The molecule has 0 aromatic heterocycles. The van der Waals surface area contributed by atoms with E-state index < -0.39 is 0 Å². The maximum atomic E-state index is 6.35. The molecule has 1 atom stereocenters. The number of hydrogen-bond acceptors (Lipinski definition) is 4. The smallest absolute Gasteiger partial charge is 0.0349 e. The number of hydrogen-bond donors (Lipinski definition) is 1. The molecule has 1 unspecified atom stereocenters. The summed E-state index contributed by atoms with van der Waals surface area (Å²) in [5.74, 6) is 0. The first-order chi connectivity index (χ1) is 18.8. The zero-order valence-corrected chi connectivity index (χ0v) is 22.0. The van der Waals surface area contributed by atoms with Crippen LogP contribution in [0.2, 0.25) is 0 Å². The van der Waals surface area contributed by atoms with Crippen molar-refractivity contribution in [1.82, 2.24) is 14.7 Å². The van der Waals surface area contributed by atoms with Crippen LogP contribution < -0.4 is 5.73 Å². The van der Waals surface area contributed by atoms with Gasteiger partial charge in [0.05, 0.1) is 0 Å². The van der Waals surface area contributed by atoms with Crippen LogP contribution in [0.5, 0.6) is 0 Å². The second kappa shape index (κ2) is 16.2. The third-order valence-corrected chi connectivity index (χ3v) is 6.42. The Morgan fingerprint density at radius 3 is 1.49 bits per heavy atom. The van der Waals surface area contributed by atoms with Gasteiger partial charge in [-0.1, -0.05) is 113 Å². The van der Waals surface area contributed by atoms with Gasteiger partial charge in [0.2, 0.25) is 0 Å². The SMILES string of the molecule is NCC1CN(Cc2ccccc2)CCN(Cc2ccccc2)CCN1Cc1ccccc1.[2H]C.[2H]C.[2H]C. The fourth-order valence-corrected chi connectivity index (χ4v) is 4.59. The molecule has 0 bridgehead atoms. The number of benzene rings is 3. The lowest BCUT2D eigenvalue weighted by Crippen LogP contribution is -2.48. The van der Waals surface area contributed by atoms with Gasteiger partial charge in [0.1, 0.15) is 0 Å². The van der Waals surface area contributed by atoms with Crippen LogP contribution in [0, 0.1) is 0 Å². The molecular formula is C31H48N4. The van der Waals surface area contributed by atoms with Crippen LogP contribution in [0.4, 0.5) is 0 Å². The molecule has 192 valence electrons. The van der Waals surface area contributed by atoms with Gasteiger partial charge in [-0.2, -0.15) is 0 Å². The minimum absolute atomic E-state index is 0.343. The molecule has 1 fully saturated rings. The minimum atomic E-state index is 0.343. The van der Waals surface area contributed by atoms with Crippen molar-refractivity contribution in [2.24, 2.45) is 5.73 Å². The Balaban J connectivity index is 0.00000112. The van der Waals surface area contributed by atoms with Crippen LogP contribution in [-0.2, 0) is 19.6 Å². The van der Waals surface area contributed by atoms with Crippen molar-refractivity contribution >= 4 is 0 Å². The molecule has 1 saturated heterocycles. The lowest BCUT2D eigenvalue weighted by atomic mass is 10.1. The Kier molecular flexibility index (Phi) is 11.9. The van der Waals surface area contributed by atoms with Gasteiger partial charge >= 0.3 is 0 Å². The molecule has 4 nitrogen and oxygen atoms in total. The Labute approximate surface area is 219 Å². The Bertz CT molecular complexity index is 916. The number of nitrogens with two attached hydrogens (primary N) is 1. The van der Waals surface area contributed by atoms with Crippen LogP contribution in [0.3, 0.4) is 0 Å². The van der Waals surface area contributed by atoms with Gasteiger partial charge in [-0.3, -0.25) is 14.7 Å². The van der Waals surface area contributed by atoms with Crippen molar-refractivity contribution in [3.63, 3.8) is 0 Å². The van der Waals surface area contributed by atoms with Gasteiger partial charge in [-0.25, -0.2) is 0 Å². The standard InChI is InChI=1S/C28H36N4.3CH4/c29-20-28-24-31(22-26-12-6-2-7-13-26)17-16-30(21-25-10-4-1-5-11-25)18-19-32(28)23-27-14-8-3-9-15-27;;;/h1-15,28H,16-24,29H2;3*1H4/i;3*1D. The highest BCUT2D eigenvalue weighted by atomic mass is 15.3. The summed E-state index contributed by atoms with van der Waals surface area (Å²) in [5.41, 5.74) is 10.5. The topological polar surface area (TPSA) is 35.7 Å². The molecule has 0 radical (unpaired) electrons. The molecule has 1 heterocycles. The molecule has 0 aliphatic carbocycles. The van der Waals surface area contributed by atoms with E-state index in [0.717, 1.165) is 52.4 Å². The maximum absolute atomic E-state index is 6.35. The molecule has 3 aromatic carbocycles. The predicted molar refractivity (Wildman–Crippen MR) is 153 cm³/mol. The van der Waals surface area contributed by atoms with Gasteiger partial charge in [0.25, 0.3) is 0 Å². The predicted octanol–water partition coefficient (Wildman–Crippen LogP) is 5.74. The quantitative estimate of drug-likeness (QED) is 0.469. The fraction of sp³-hybridized carbons (Fsp3) is 0.419. The van der Waals surface area contributed by atoms with Crippen molar-refractivity contribution in [1.29, 1.82) is 0 Å². The number of nitrogens with zero attached hydrogens (tertiary/aromatic N) is 3. The summed E-state index contributed by atoms with van der Waals surface area (Å²) < 4.78 is 17.2. The van der Waals surface area contributed by atoms with Gasteiger partial charge < -0.3 is 5.73 Å². The summed E-state index contributed by atoms with van der Waals surface area (Å²) in [6.07, 6.45) is 0. The summed E-state index contributed by atoms with van der Waals surface area (Å²) in [6, 6.07) is 32.8. The molecular weight excluding hydrogens is 428 g/mol. The molecule has 3 aromatic rings. The summed E-state index contributed by atoms with van der Waals surface area (Å²) in [6.45, 7) is 8.78. The first-order valence-electron chi connectivity index (χ1n) is 14.8. The van der Waals surface area contributed by atoms with Crippen LogP contribution in [0.25, 0.3) is 0 Å². The van der Waals surface area contributed by atoms with E-state index in [1.165, 1.54) is 38.9 Å². The van der Waals surface area contributed by atoms with Gasteiger partial charge in [0.15, 0.2) is 0 Å². The average Bonchev–Trinajstić information content (AvgIpc) is 3.08. The molecule has 2 N–H and O–H groups in total. The second-order valence-corrected chi connectivity index (χ2v) is 8.83. The number of rotatable bonds is 7. The van der Waals surface area contributed by atoms with Crippen molar-refractivity contribution in [2.45, 2.75) is 47.9 Å². The highest BCUT2D eigenvalue weighted by Gasteiger charge is 2.24. The zero-order chi connectivity index (χ0) is 28.0. The van der Waals surface area contributed by atoms with E-state index >= 15 is 0 Å². The van der Waals surface area contributed by atoms with Crippen LogP contribution in [0.1, 0.15) is 43.0 Å². The molecule has 35 heavy (non-hydrogen) atoms. The molecule has 0 amide bonds. The van der Waals surface area contributed by atoms with E-state index in [1.807, 2.05) is 0 Å².